The number of nitrogens with zero attached hydrogens (tertiary/aromatic N) is 2. The van der Waals surface area contributed by atoms with E-state index in [-0.39, 0.29) is 17.8 Å². The van der Waals surface area contributed by atoms with Gasteiger partial charge in [-0.25, -0.2) is 0 Å². The number of hydrogen-bond acceptors (Lipinski definition) is 5. The Bertz CT molecular complexity index is 854. The number of rotatable bonds is 10. The number of benzene rings is 1. The van der Waals surface area contributed by atoms with Crippen LogP contribution in [0.3, 0.4) is 0 Å². The molecule has 1 unspecified atom stereocenters. The highest BCUT2D eigenvalue weighted by Gasteiger charge is 2.44. The summed E-state index contributed by atoms with van der Waals surface area (Å²) in [5.74, 6) is -0.706. The summed E-state index contributed by atoms with van der Waals surface area (Å²) in [7, 11) is 0. The molecule has 1 N–H and O–H groups in total. The second-order valence-electron chi connectivity index (χ2n) is 7.11. The largest absolute Gasteiger partial charge is 0.503 e. The molecule has 0 spiro atoms. The third kappa shape index (κ3) is 4.59. The topological polar surface area (TPSA) is 74.0 Å². The number of amides is 1. The molecule has 2 aromatic rings. The molecular formula is C23H28N2O4. The van der Waals surface area contributed by atoms with Crippen molar-refractivity contribution in [1.29, 1.82) is 0 Å². The molecule has 0 fully saturated rings. The zero-order chi connectivity index (χ0) is 20.8. The van der Waals surface area contributed by atoms with Gasteiger partial charge >= 0.3 is 0 Å². The Balaban J connectivity index is 1.81. The molecule has 29 heavy (non-hydrogen) atoms. The third-order valence-electron chi connectivity index (χ3n) is 5.45. The van der Waals surface area contributed by atoms with E-state index in [2.05, 4.69) is 18.7 Å². The Morgan fingerprint density at radius 3 is 2.48 bits per heavy atom. The number of carbonyl (C=O) groups excluding carboxylic acids is 2. The van der Waals surface area contributed by atoms with Gasteiger partial charge in [-0.05, 0) is 37.2 Å². The smallest absolute Gasteiger partial charge is 0.290 e. The van der Waals surface area contributed by atoms with Gasteiger partial charge in [-0.3, -0.25) is 9.59 Å². The lowest BCUT2D eigenvalue weighted by Crippen LogP contribution is -2.38. The van der Waals surface area contributed by atoms with E-state index in [4.69, 9.17) is 4.42 Å². The zero-order valence-corrected chi connectivity index (χ0v) is 17.0. The first-order valence-electron chi connectivity index (χ1n) is 10.1. The molecule has 0 aliphatic carbocycles. The molecule has 3 rings (SSSR count). The molecule has 1 aromatic carbocycles. The molecule has 0 saturated heterocycles. The highest BCUT2D eigenvalue weighted by molar-refractivity contribution is 6.08. The van der Waals surface area contributed by atoms with Crippen LogP contribution in [0.2, 0.25) is 0 Å². The molecule has 1 atom stereocenters. The van der Waals surface area contributed by atoms with Gasteiger partial charge in [-0.2, -0.15) is 0 Å². The van der Waals surface area contributed by atoms with Crippen molar-refractivity contribution in [3.63, 3.8) is 0 Å². The number of carbonyl (C=O) groups is 2. The van der Waals surface area contributed by atoms with Crippen molar-refractivity contribution < 1.29 is 19.1 Å². The molecule has 1 amide bonds. The number of aliphatic hydroxyl groups is 1. The Morgan fingerprint density at radius 1 is 1.14 bits per heavy atom. The van der Waals surface area contributed by atoms with Crippen LogP contribution >= 0.6 is 0 Å². The predicted octanol–water partition coefficient (Wildman–Crippen LogP) is 3.52. The molecule has 2 heterocycles. The minimum Gasteiger partial charge on any atom is -0.503 e. The van der Waals surface area contributed by atoms with E-state index in [9.17, 15) is 14.7 Å². The standard InChI is InChI=1S/C23H28N2O4/c1-3-24(4-2)14-15-25-21(19-11-8-16-29-19)20(22(27)23(25)28)18(26)13-12-17-9-6-5-7-10-17/h5-11,16,21,27H,3-4,12-15H2,1-2H3. The van der Waals surface area contributed by atoms with Crippen molar-refractivity contribution in [2.24, 2.45) is 0 Å². The van der Waals surface area contributed by atoms with Crippen LogP contribution in [0.5, 0.6) is 0 Å². The maximum Gasteiger partial charge on any atom is 0.290 e. The van der Waals surface area contributed by atoms with Gasteiger partial charge in [0.2, 0.25) is 0 Å². The van der Waals surface area contributed by atoms with Gasteiger partial charge < -0.3 is 19.3 Å². The van der Waals surface area contributed by atoms with Crippen LogP contribution in [0.4, 0.5) is 0 Å². The average Bonchev–Trinajstić information content (AvgIpc) is 3.36. The number of aryl methyl sites for hydroxylation is 1. The van der Waals surface area contributed by atoms with E-state index >= 15 is 0 Å². The molecule has 1 aliphatic rings. The summed E-state index contributed by atoms with van der Waals surface area (Å²) in [5.41, 5.74) is 1.18. The first-order valence-corrected chi connectivity index (χ1v) is 10.1. The molecular weight excluding hydrogens is 368 g/mol. The van der Waals surface area contributed by atoms with Crippen molar-refractivity contribution >= 4 is 11.7 Å². The van der Waals surface area contributed by atoms with E-state index in [1.807, 2.05) is 30.3 Å². The fraction of sp³-hybridized carbons (Fsp3) is 0.391. The first kappa shape index (κ1) is 20.9. The molecule has 154 valence electrons. The van der Waals surface area contributed by atoms with Crippen LogP contribution < -0.4 is 0 Å². The molecule has 6 nitrogen and oxygen atoms in total. The van der Waals surface area contributed by atoms with Gasteiger partial charge in [0.15, 0.2) is 11.5 Å². The molecule has 0 bridgehead atoms. The van der Waals surface area contributed by atoms with Crippen molar-refractivity contribution in [3.8, 4) is 0 Å². The second kappa shape index (κ2) is 9.56. The Labute approximate surface area is 171 Å². The van der Waals surface area contributed by atoms with E-state index in [0.29, 0.717) is 25.3 Å². The summed E-state index contributed by atoms with van der Waals surface area (Å²) in [6, 6.07) is 12.5. The maximum atomic E-state index is 13.0. The summed E-state index contributed by atoms with van der Waals surface area (Å²) in [6.45, 7) is 6.93. The number of likely N-dealkylation sites (N-methyl/N-ethyl adjacent to an activating group) is 1. The van der Waals surface area contributed by atoms with Gasteiger partial charge in [0.1, 0.15) is 11.8 Å². The van der Waals surface area contributed by atoms with Gasteiger partial charge in [-0.15, -0.1) is 0 Å². The molecule has 0 saturated carbocycles. The monoisotopic (exact) mass is 396 g/mol. The summed E-state index contributed by atoms with van der Waals surface area (Å²) in [6.07, 6.45) is 2.29. The molecule has 1 aliphatic heterocycles. The Hall–Kier alpha value is -2.86. The first-order chi connectivity index (χ1) is 14.1. The lowest BCUT2D eigenvalue weighted by molar-refractivity contribution is -0.129. The van der Waals surface area contributed by atoms with Gasteiger partial charge in [0.25, 0.3) is 5.91 Å². The Morgan fingerprint density at radius 2 is 1.86 bits per heavy atom. The minimum atomic E-state index is -0.684. The number of aliphatic hydroxyl groups excluding tert-OH is 1. The van der Waals surface area contributed by atoms with Gasteiger partial charge in [0.05, 0.1) is 11.8 Å². The van der Waals surface area contributed by atoms with Crippen LogP contribution in [0.15, 0.2) is 64.5 Å². The van der Waals surface area contributed by atoms with Crippen molar-refractivity contribution in [2.75, 3.05) is 26.2 Å². The maximum absolute atomic E-state index is 13.0. The molecule has 0 radical (unpaired) electrons. The highest BCUT2D eigenvalue weighted by Crippen LogP contribution is 2.38. The molecule has 1 aromatic heterocycles. The van der Waals surface area contributed by atoms with Crippen LogP contribution in [0, 0.1) is 0 Å². The summed E-state index contributed by atoms with van der Waals surface area (Å²) in [4.78, 5) is 29.6. The fourth-order valence-corrected chi connectivity index (χ4v) is 3.74. The quantitative estimate of drug-likeness (QED) is 0.665. The van der Waals surface area contributed by atoms with E-state index in [0.717, 1.165) is 18.7 Å². The van der Waals surface area contributed by atoms with Gasteiger partial charge in [0, 0.05) is 19.5 Å². The van der Waals surface area contributed by atoms with Crippen LogP contribution in [0.1, 0.15) is 37.6 Å². The summed E-state index contributed by atoms with van der Waals surface area (Å²) in [5, 5.41) is 10.6. The predicted molar refractivity (Wildman–Crippen MR) is 110 cm³/mol. The van der Waals surface area contributed by atoms with Crippen molar-refractivity contribution in [2.45, 2.75) is 32.7 Å². The van der Waals surface area contributed by atoms with Crippen LogP contribution in [-0.4, -0.2) is 52.8 Å². The third-order valence-corrected chi connectivity index (χ3v) is 5.45. The van der Waals surface area contributed by atoms with E-state index < -0.39 is 17.7 Å². The van der Waals surface area contributed by atoms with Crippen molar-refractivity contribution in [1.82, 2.24) is 9.80 Å². The Kier molecular flexibility index (Phi) is 6.88. The van der Waals surface area contributed by atoms with Crippen LogP contribution in [-0.2, 0) is 16.0 Å². The van der Waals surface area contributed by atoms with E-state index in [1.54, 1.807) is 17.0 Å². The lowest BCUT2D eigenvalue weighted by Gasteiger charge is -2.27. The van der Waals surface area contributed by atoms with Crippen molar-refractivity contribution in [3.05, 3.63) is 71.4 Å². The normalized spacial score (nSPS) is 16.9. The van der Waals surface area contributed by atoms with Gasteiger partial charge in [-0.1, -0.05) is 44.2 Å². The average molecular weight is 396 g/mol. The second-order valence-corrected chi connectivity index (χ2v) is 7.11. The summed E-state index contributed by atoms with van der Waals surface area (Å²) >= 11 is 0. The summed E-state index contributed by atoms with van der Waals surface area (Å²) < 4.78 is 5.54. The number of Topliss-reactive ketones (excluding diaryl/α,β-unsaturated/α-hetero) is 1. The molecule has 6 heteroatoms. The zero-order valence-electron chi connectivity index (χ0n) is 17.0. The lowest BCUT2D eigenvalue weighted by atomic mass is 9.96. The fourth-order valence-electron chi connectivity index (χ4n) is 3.74. The number of hydrogen-bond donors (Lipinski definition) is 1. The SMILES string of the molecule is CCN(CC)CCN1C(=O)C(O)=C(C(=O)CCc2ccccc2)C1c1ccco1. The highest BCUT2D eigenvalue weighted by atomic mass is 16.3. The number of furan rings is 1. The minimum absolute atomic E-state index is 0.139. The van der Waals surface area contributed by atoms with E-state index in [1.165, 1.54) is 6.26 Å². The van der Waals surface area contributed by atoms with Crippen LogP contribution in [0.25, 0.3) is 0 Å². The number of ketones is 1.